The molecule has 1 heterocycles. The van der Waals surface area contributed by atoms with Crippen LogP contribution in [0.25, 0.3) is 11.3 Å². The molecule has 0 spiro atoms. The lowest BCUT2D eigenvalue weighted by Crippen LogP contribution is -2.36. The Balaban J connectivity index is 1.51. The van der Waals surface area contributed by atoms with Gasteiger partial charge in [-0.1, -0.05) is 18.2 Å². The van der Waals surface area contributed by atoms with Gasteiger partial charge in [0.05, 0.1) is 30.9 Å². The van der Waals surface area contributed by atoms with Crippen LogP contribution < -0.4 is 15.4 Å². The van der Waals surface area contributed by atoms with E-state index in [9.17, 15) is 9.59 Å². The van der Waals surface area contributed by atoms with Crippen molar-refractivity contribution in [1.82, 2.24) is 9.88 Å². The Kier molecular flexibility index (Phi) is 7.16. The normalized spacial score (nSPS) is 10.7. The van der Waals surface area contributed by atoms with E-state index >= 15 is 0 Å². The first-order valence-electron chi connectivity index (χ1n) is 9.38. The van der Waals surface area contributed by atoms with Crippen LogP contribution in [0, 0.1) is 6.92 Å². The molecule has 156 valence electrons. The number of ether oxygens (including phenoxy) is 1. The standard InChI is InChI=1S/C22H24N4O3S/c1-15-23-20(14-30-15)16-6-4-7-17(10-16)24-21(27)12-26(2)13-22(28)25-18-8-5-9-19(11-18)29-3/h4-11,14H,12-13H2,1-3H3,(H,24,27)(H,25,28). The van der Waals surface area contributed by atoms with E-state index in [-0.39, 0.29) is 24.9 Å². The molecule has 0 bridgehead atoms. The highest BCUT2D eigenvalue weighted by Gasteiger charge is 2.12. The van der Waals surface area contributed by atoms with Gasteiger partial charge in [0.2, 0.25) is 11.8 Å². The summed E-state index contributed by atoms with van der Waals surface area (Å²) in [5, 5.41) is 8.66. The number of aryl methyl sites for hydroxylation is 1. The second-order valence-electron chi connectivity index (χ2n) is 6.83. The molecule has 0 aliphatic heterocycles. The van der Waals surface area contributed by atoms with Crippen molar-refractivity contribution in [1.29, 1.82) is 0 Å². The number of benzene rings is 2. The minimum Gasteiger partial charge on any atom is -0.497 e. The number of anilines is 2. The van der Waals surface area contributed by atoms with E-state index in [4.69, 9.17) is 4.74 Å². The van der Waals surface area contributed by atoms with Crippen LogP contribution in [0.1, 0.15) is 5.01 Å². The number of nitrogens with zero attached hydrogens (tertiary/aromatic N) is 2. The molecule has 30 heavy (non-hydrogen) atoms. The highest BCUT2D eigenvalue weighted by molar-refractivity contribution is 7.09. The zero-order valence-electron chi connectivity index (χ0n) is 17.1. The summed E-state index contributed by atoms with van der Waals surface area (Å²) in [6.45, 7) is 2.13. The lowest BCUT2D eigenvalue weighted by Gasteiger charge is -2.16. The number of likely N-dealkylation sites (N-methyl/N-ethyl adjacent to an activating group) is 1. The molecule has 2 N–H and O–H groups in total. The van der Waals surface area contributed by atoms with Gasteiger partial charge >= 0.3 is 0 Å². The number of hydrogen-bond donors (Lipinski definition) is 2. The summed E-state index contributed by atoms with van der Waals surface area (Å²) in [5.41, 5.74) is 3.17. The van der Waals surface area contributed by atoms with Crippen molar-refractivity contribution in [3.05, 3.63) is 58.9 Å². The Bertz CT molecular complexity index is 1030. The first-order chi connectivity index (χ1) is 14.4. The van der Waals surface area contributed by atoms with Gasteiger partial charge in [-0.3, -0.25) is 14.5 Å². The fraction of sp³-hybridized carbons (Fsp3) is 0.227. The van der Waals surface area contributed by atoms with Gasteiger partial charge in [-0.15, -0.1) is 11.3 Å². The van der Waals surface area contributed by atoms with Crippen LogP contribution in [0.4, 0.5) is 11.4 Å². The number of methoxy groups -OCH3 is 1. The molecule has 0 atom stereocenters. The topological polar surface area (TPSA) is 83.6 Å². The van der Waals surface area contributed by atoms with E-state index in [0.717, 1.165) is 16.3 Å². The van der Waals surface area contributed by atoms with Crippen molar-refractivity contribution >= 4 is 34.5 Å². The van der Waals surface area contributed by atoms with Gasteiger partial charge in [0.1, 0.15) is 5.75 Å². The number of rotatable bonds is 8. The SMILES string of the molecule is COc1cccc(NC(=O)CN(C)CC(=O)Nc2cccc(-c3csc(C)n3)c2)c1. The van der Waals surface area contributed by atoms with E-state index in [1.54, 1.807) is 54.7 Å². The Morgan fingerprint density at radius 1 is 1.03 bits per heavy atom. The van der Waals surface area contributed by atoms with Crippen LogP contribution in [0.2, 0.25) is 0 Å². The number of carbonyl (C=O) groups is 2. The van der Waals surface area contributed by atoms with Crippen LogP contribution in [0.5, 0.6) is 5.75 Å². The maximum Gasteiger partial charge on any atom is 0.238 e. The predicted octanol–water partition coefficient (Wildman–Crippen LogP) is 3.64. The second-order valence-corrected chi connectivity index (χ2v) is 7.90. The number of nitrogens with one attached hydrogen (secondary N) is 2. The maximum atomic E-state index is 12.4. The van der Waals surface area contributed by atoms with Crippen molar-refractivity contribution in [2.24, 2.45) is 0 Å². The third-order valence-corrected chi connectivity index (χ3v) is 5.02. The second kappa shape index (κ2) is 10.00. The van der Waals surface area contributed by atoms with Crippen LogP contribution in [-0.2, 0) is 9.59 Å². The first-order valence-corrected chi connectivity index (χ1v) is 10.3. The predicted molar refractivity (Wildman–Crippen MR) is 120 cm³/mol. The van der Waals surface area contributed by atoms with Gasteiger partial charge in [0.15, 0.2) is 0 Å². The number of amides is 2. The zero-order chi connectivity index (χ0) is 21.5. The zero-order valence-corrected chi connectivity index (χ0v) is 18.0. The van der Waals surface area contributed by atoms with E-state index in [1.807, 2.05) is 36.6 Å². The number of carbonyl (C=O) groups excluding carboxylic acids is 2. The van der Waals surface area contributed by atoms with Crippen LogP contribution in [-0.4, -0.2) is 48.9 Å². The average Bonchev–Trinajstić information content (AvgIpc) is 3.14. The summed E-state index contributed by atoms with van der Waals surface area (Å²) in [7, 11) is 3.29. The lowest BCUT2D eigenvalue weighted by atomic mass is 10.1. The molecule has 3 aromatic rings. The van der Waals surface area contributed by atoms with E-state index in [1.165, 1.54) is 0 Å². The van der Waals surface area contributed by atoms with Gasteiger partial charge in [0.25, 0.3) is 0 Å². The first kappa shape index (κ1) is 21.5. The molecular formula is C22H24N4O3S. The minimum atomic E-state index is -0.209. The maximum absolute atomic E-state index is 12.4. The van der Waals surface area contributed by atoms with Gasteiger partial charge < -0.3 is 15.4 Å². The molecule has 0 fully saturated rings. The largest absolute Gasteiger partial charge is 0.497 e. The van der Waals surface area contributed by atoms with Crippen molar-refractivity contribution in [2.75, 3.05) is 37.9 Å². The van der Waals surface area contributed by atoms with E-state index in [2.05, 4.69) is 15.6 Å². The average molecular weight is 425 g/mol. The molecule has 0 aliphatic carbocycles. The smallest absolute Gasteiger partial charge is 0.238 e. The highest BCUT2D eigenvalue weighted by Crippen LogP contribution is 2.24. The molecule has 2 aromatic carbocycles. The number of hydrogen-bond acceptors (Lipinski definition) is 6. The Morgan fingerprint density at radius 3 is 2.27 bits per heavy atom. The highest BCUT2D eigenvalue weighted by atomic mass is 32.1. The third kappa shape index (κ3) is 6.13. The molecule has 0 aliphatic rings. The molecule has 0 saturated heterocycles. The van der Waals surface area contributed by atoms with Crippen molar-refractivity contribution in [3.8, 4) is 17.0 Å². The van der Waals surface area contributed by atoms with E-state index in [0.29, 0.717) is 17.1 Å². The van der Waals surface area contributed by atoms with Crippen LogP contribution in [0.15, 0.2) is 53.9 Å². The summed E-state index contributed by atoms with van der Waals surface area (Å²) in [6.07, 6.45) is 0. The molecule has 3 rings (SSSR count). The lowest BCUT2D eigenvalue weighted by molar-refractivity contribution is -0.119. The fourth-order valence-corrected chi connectivity index (χ4v) is 3.52. The molecule has 0 unspecified atom stereocenters. The Morgan fingerprint density at radius 2 is 1.67 bits per heavy atom. The summed E-state index contributed by atoms with van der Waals surface area (Å²) in [6, 6.07) is 14.7. The van der Waals surface area contributed by atoms with Crippen molar-refractivity contribution < 1.29 is 14.3 Å². The fourth-order valence-electron chi connectivity index (χ4n) is 2.90. The molecule has 0 radical (unpaired) electrons. The quantitative estimate of drug-likeness (QED) is 0.577. The van der Waals surface area contributed by atoms with E-state index < -0.39 is 0 Å². The molecule has 1 aromatic heterocycles. The molecule has 2 amide bonds. The molecule has 7 nitrogen and oxygen atoms in total. The van der Waals surface area contributed by atoms with Crippen molar-refractivity contribution in [2.45, 2.75) is 6.92 Å². The summed E-state index contributed by atoms with van der Waals surface area (Å²) < 4.78 is 5.15. The molecule has 0 saturated carbocycles. The third-order valence-electron chi connectivity index (χ3n) is 4.24. The van der Waals surface area contributed by atoms with Gasteiger partial charge in [-0.2, -0.15) is 0 Å². The number of aromatic nitrogens is 1. The van der Waals surface area contributed by atoms with Crippen LogP contribution in [0.3, 0.4) is 0 Å². The monoisotopic (exact) mass is 424 g/mol. The number of thiazole rings is 1. The van der Waals surface area contributed by atoms with Gasteiger partial charge in [-0.25, -0.2) is 4.98 Å². The molecular weight excluding hydrogens is 400 g/mol. The van der Waals surface area contributed by atoms with Crippen molar-refractivity contribution in [3.63, 3.8) is 0 Å². The van der Waals surface area contributed by atoms with Gasteiger partial charge in [-0.05, 0) is 38.2 Å². The van der Waals surface area contributed by atoms with Crippen LogP contribution >= 0.6 is 11.3 Å². The van der Waals surface area contributed by atoms with Gasteiger partial charge in [0, 0.05) is 28.4 Å². The minimum absolute atomic E-state index is 0.0861. The summed E-state index contributed by atoms with van der Waals surface area (Å²) in [4.78, 5) is 30.7. The summed E-state index contributed by atoms with van der Waals surface area (Å²) in [5.74, 6) is 0.258. The summed E-state index contributed by atoms with van der Waals surface area (Å²) >= 11 is 1.59. The molecule has 8 heteroatoms. The Hall–Kier alpha value is -3.23. The Labute approximate surface area is 179 Å².